The second-order valence-electron chi connectivity index (χ2n) is 8.57. The molecule has 0 saturated carbocycles. The van der Waals surface area contributed by atoms with Gasteiger partial charge in [0.15, 0.2) is 0 Å². The van der Waals surface area contributed by atoms with E-state index in [4.69, 9.17) is 10.5 Å². The Kier molecular flexibility index (Phi) is 5.59. The largest absolute Gasteiger partial charge is 0.444 e. The number of ether oxygens (including phenoxy) is 1. The quantitative estimate of drug-likeness (QED) is 0.883. The van der Waals surface area contributed by atoms with Gasteiger partial charge in [0.2, 0.25) is 0 Å². The minimum atomic E-state index is -0.457. The lowest BCUT2D eigenvalue weighted by Gasteiger charge is -2.33. The van der Waals surface area contributed by atoms with E-state index in [-0.39, 0.29) is 17.7 Å². The molecular formula is C20H32N2O2. The van der Waals surface area contributed by atoms with Gasteiger partial charge in [-0.15, -0.1) is 0 Å². The van der Waals surface area contributed by atoms with Gasteiger partial charge in [-0.05, 0) is 65.4 Å². The molecular weight excluding hydrogens is 300 g/mol. The Balaban J connectivity index is 1.91. The third-order valence-electron chi connectivity index (χ3n) is 4.69. The minimum Gasteiger partial charge on any atom is -0.444 e. The molecule has 1 heterocycles. The number of rotatable bonds is 4. The summed E-state index contributed by atoms with van der Waals surface area (Å²) < 4.78 is 5.56. The number of carbonyl (C=O) groups is 1. The van der Waals surface area contributed by atoms with E-state index in [1.807, 2.05) is 43.9 Å². The first-order valence-corrected chi connectivity index (χ1v) is 8.90. The fourth-order valence-corrected chi connectivity index (χ4v) is 3.50. The third-order valence-corrected chi connectivity index (χ3v) is 4.69. The summed E-state index contributed by atoms with van der Waals surface area (Å²) in [5.41, 5.74) is 6.87. The summed E-state index contributed by atoms with van der Waals surface area (Å²) in [6.45, 7) is 10.7. The zero-order chi connectivity index (χ0) is 18.0. The van der Waals surface area contributed by atoms with E-state index >= 15 is 0 Å². The van der Waals surface area contributed by atoms with Crippen molar-refractivity contribution < 1.29 is 9.53 Å². The molecule has 0 radical (unpaired) electrons. The van der Waals surface area contributed by atoms with Crippen molar-refractivity contribution in [2.75, 3.05) is 6.54 Å². The fraction of sp³-hybridized carbons (Fsp3) is 0.650. The lowest BCUT2D eigenvalue weighted by molar-refractivity contribution is 0.0131. The normalized spacial score (nSPS) is 21.6. The molecule has 0 aliphatic carbocycles. The van der Waals surface area contributed by atoms with Crippen molar-refractivity contribution in [3.8, 4) is 0 Å². The Morgan fingerprint density at radius 1 is 1.33 bits per heavy atom. The van der Waals surface area contributed by atoms with Crippen LogP contribution in [0.2, 0.25) is 0 Å². The van der Waals surface area contributed by atoms with Crippen LogP contribution in [0.4, 0.5) is 4.79 Å². The van der Waals surface area contributed by atoms with Crippen LogP contribution in [-0.2, 0) is 4.74 Å². The van der Waals surface area contributed by atoms with Crippen molar-refractivity contribution in [2.45, 2.75) is 71.1 Å². The fourth-order valence-electron chi connectivity index (χ4n) is 3.50. The number of hydrogen-bond acceptors (Lipinski definition) is 3. The van der Waals surface area contributed by atoms with E-state index in [0.29, 0.717) is 5.92 Å². The lowest BCUT2D eigenvalue weighted by Crippen LogP contribution is -2.45. The van der Waals surface area contributed by atoms with Crippen molar-refractivity contribution in [1.82, 2.24) is 4.90 Å². The molecule has 2 atom stereocenters. The van der Waals surface area contributed by atoms with Gasteiger partial charge in [-0.25, -0.2) is 4.79 Å². The maximum atomic E-state index is 12.5. The summed E-state index contributed by atoms with van der Waals surface area (Å²) in [5, 5.41) is 0. The molecule has 1 aromatic carbocycles. The van der Waals surface area contributed by atoms with Crippen LogP contribution in [0.25, 0.3) is 0 Å². The molecule has 0 bridgehead atoms. The van der Waals surface area contributed by atoms with Crippen LogP contribution in [0.3, 0.4) is 0 Å². The molecule has 24 heavy (non-hydrogen) atoms. The maximum Gasteiger partial charge on any atom is 0.410 e. The molecule has 2 rings (SSSR count). The van der Waals surface area contributed by atoms with E-state index in [2.05, 4.69) is 26.0 Å². The van der Waals surface area contributed by atoms with Crippen molar-refractivity contribution in [2.24, 2.45) is 11.7 Å². The molecule has 1 saturated heterocycles. The Labute approximate surface area is 146 Å². The first-order chi connectivity index (χ1) is 11.1. The van der Waals surface area contributed by atoms with Crippen LogP contribution in [0.15, 0.2) is 30.3 Å². The van der Waals surface area contributed by atoms with Crippen molar-refractivity contribution in [3.05, 3.63) is 35.9 Å². The molecule has 1 fully saturated rings. The summed E-state index contributed by atoms with van der Waals surface area (Å²) in [6.07, 6.45) is 2.75. The number of amides is 1. The van der Waals surface area contributed by atoms with Crippen LogP contribution in [0, 0.1) is 5.92 Å². The molecule has 1 amide bonds. The van der Waals surface area contributed by atoms with Crippen LogP contribution in [0.1, 0.15) is 65.5 Å². The average Bonchev–Trinajstić information content (AvgIpc) is 2.79. The highest BCUT2D eigenvalue weighted by atomic mass is 16.6. The summed E-state index contributed by atoms with van der Waals surface area (Å²) in [6, 6.07) is 10.3. The van der Waals surface area contributed by atoms with Crippen LogP contribution >= 0.6 is 0 Å². The molecule has 1 aliphatic heterocycles. The van der Waals surface area contributed by atoms with Gasteiger partial charge in [0.1, 0.15) is 5.60 Å². The third kappa shape index (κ3) is 4.97. The first-order valence-electron chi connectivity index (χ1n) is 8.90. The highest BCUT2D eigenvalue weighted by Crippen LogP contribution is 2.37. The summed E-state index contributed by atoms with van der Waals surface area (Å²) in [7, 11) is 0. The van der Waals surface area contributed by atoms with Crippen molar-refractivity contribution >= 4 is 6.09 Å². The van der Waals surface area contributed by atoms with Gasteiger partial charge in [0.05, 0.1) is 0 Å². The van der Waals surface area contributed by atoms with E-state index < -0.39 is 5.60 Å². The molecule has 1 aromatic rings. The molecule has 0 aromatic heterocycles. The number of carbonyl (C=O) groups excluding carboxylic acids is 1. The Hall–Kier alpha value is -1.55. The second-order valence-corrected chi connectivity index (χ2v) is 8.57. The Morgan fingerprint density at radius 3 is 2.54 bits per heavy atom. The van der Waals surface area contributed by atoms with Gasteiger partial charge in [-0.1, -0.05) is 30.3 Å². The summed E-state index contributed by atoms with van der Waals surface area (Å²) in [4.78, 5) is 14.3. The van der Waals surface area contributed by atoms with E-state index in [1.165, 1.54) is 5.56 Å². The van der Waals surface area contributed by atoms with Crippen molar-refractivity contribution in [1.29, 1.82) is 0 Å². The topological polar surface area (TPSA) is 55.6 Å². The Bertz CT molecular complexity index is 549. The zero-order valence-electron chi connectivity index (χ0n) is 15.7. The highest BCUT2D eigenvalue weighted by molar-refractivity contribution is 5.69. The van der Waals surface area contributed by atoms with Gasteiger partial charge in [-0.3, -0.25) is 0 Å². The number of benzene rings is 1. The van der Waals surface area contributed by atoms with Crippen LogP contribution in [-0.4, -0.2) is 28.7 Å². The first kappa shape index (κ1) is 18.8. The Morgan fingerprint density at radius 2 is 1.96 bits per heavy atom. The standard InChI is InChI=1S/C20H32N2O2/c1-19(2,3)24-18(23)22-14-15(13-20(22,4)5)11-12-17(21)16-9-7-6-8-10-16/h6-10,15,17H,11-14,21H2,1-5H3. The van der Waals surface area contributed by atoms with Gasteiger partial charge in [-0.2, -0.15) is 0 Å². The summed E-state index contributed by atoms with van der Waals surface area (Å²) in [5.74, 6) is 0.474. The van der Waals surface area contributed by atoms with Gasteiger partial charge in [0, 0.05) is 18.1 Å². The predicted octanol–water partition coefficient (Wildman–Crippen LogP) is 4.50. The van der Waals surface area contributed by atoms with Crippen LogP contribution in [0.5, 0.6) is 0 Å². The molecule has 2 N–H and O–H groups in total. The van der Waals surface area contributed by atoms with Gasteiger partial charge in [0.25, 0.3) is 0 Å². The van der Waals surface area contributed by atoms with Crippen LogP contribution < -0.4 is 5.73 Å². The van der Waals surface area contributed by atoms with E-state index in [1.54, 1.807) is 0 Å². The summed E-state index contributed by atoms with van der Waals surface area (Å²) >= 11 is 0. The SMILES string of the molecule is CC(C)(C)OC(=O)N1CC(CCC(N)c2ccccc2)CC1(C)C. The molecule has 1 aliphatic rings. The van der Waals surface area contributed by atoms with Gasteiger partial charge < -0.3 is 15.4 Å². The number of likely N-dealkylation sites (tertiary alicyclic amines) is 1. The second kappa shape index (κ2) is 7.14. The monoisotopic (exact) mass is 332 g/mol. The van der Waals surface area contributed by atoms with Gasteiger partial charge >= 0.3 is 6.09 Å². The smallest absolute Gasteiger partial charge is 0.410 e. The van der Waals surface area contributed by atoms with E-state index in [0.717, 1.165) is 25.8 Å². The molecule has 0 spiro atoms. The molecule has 134 valence electrons. The predicted molar refractivity (Wildman–Crippen MR) is 97.7 cm³/mol. The number of nitrogens with two attached hydrogens (primary N) is 1. The molecule has 4 nitrogen and oxygen atoms in total. The zero-order valence-corrected chi connectivity index (χ0v) is 15.7. The van der Waals surface area contributed by atoms with Crippen molar-refractivity contribution in [3.63, 3.8) is 0 Å². The number of nitrogens with zero attached hydrogens (tertiary/aromatic N) is 1. The highest BCUT2D eigenvalue weighted by Gasteiger charge is 2.42. The maximum absolute atomic E-state index is 12.5. The molecule has 4 heteroatoms. The lowest BCUT2D eigenvalue weighted by atomic mass is 9.91. The minimum absolute atomic E-state index is 0.0601. The number of hydrogen-bond donors (Lipinski definition) is 1. The van der Waals surface area contributed by atoms with E-state index in [9.17, 15) is 4.79 Å². The average molecular weight is 332 g/mol. The molecule has 2 unspecified atom stereocenters.